The van der Waals surface area contributed by atoms with Crippen molar-refractivity contribution in [3.63, 3.8) is 0 Å². The summed E-state index contributed by atoms with van der Waals surface area (Å²) in [6.45, 7) is 0.579. The number of hydrogen-bond acceptors (Lipinski definition) is 4. The number of aliphatic carboxylic acids is 1. The van der Waals surface area contributed by atoms with Crippen molar-refractivity contribution in [1.29, 1.82) is 0 Å². The van der Waals surface area contributed by atoms with Crippen molar-refractivity contribution in [2.45, 2.75) is 68.9 Å². The molecule has 2 N–H and O–H groups in total. The second-order valence-electron chi connectivity index (χ2n) is 9.94. The molecule has 2 aliphatic carbocycles. The topological polar surface area (TPSA) is 95.9 Å². The standard InChI is InChI=1S/C28H32N2O5/c31-25(32)24-14-3-1-2-8-17-30(24)26(33)28(15-9-16-28)29-27(34)35-18-23-21-12-6-4-10-19(21)20-11-5-7-13-22(20)23/h4-7,10-13,23-24H,1-3,8-9,14-18H2,(H,29,34)(H,31,32). The number of hydrogen-bond donors (Lipinski definition) is 2. The molecule has 2 aromatic rings. The van der Waals surface area contributed by atoms with Crippen LogP contribution in [0.25, 0.3) is 11.1 Å². The normalized spacial score (nSPS) is 21.0. The largest absolute Gasteiger partial charge is 0.480 e. The van der Waals surface area contributed by atoms with E-state index >= 15 is 0 Å². The fourth-order valence-electron chi connectivity index (χ4n) is 5.81. The second kappa shape index (κ2) is 9.72. The molecule has 2 aromatic carbocycles. The summed E-state index contributed by atoms with van der Waals surface area (Å²) in [5.74, 6) is -1.32. The first-order valence-electron chi connectivity index (χ1n) is 12.7. The summed E-state index contributed by atoms with van der Waals surface area (Å²) in [5.41, 5.74) is 3.48. The number of fused-ring (bicyclic) bond motifs is 3. The number of carbonyl (C=O) groups excluding carboxylic acids is 2. The number of benzene rings is 2. The molecule has 1 saturated heterocycles. The molecule has 1 aliphatic heterocycles. The molecule has 0 bridgehead atoms. The highest BCUT2D eigenvalue weighted by atomic mass is 16.5. The minimum absolute atomic E-state index is 0.0630. The Balaban J connectivity index is 1.28. The van der Waals surface area contributed by atoms with Crippen molar-refractivity contribution in [3.05, 3.63) is 59.7 Å². The third-order valence-electron chi connectivity index (χ3n) is 7.85. The van der Waals surface area contributed by atoms with Gasteiger partial charge in [-0.3, -0.25) is 4.79 Å². The molecule has 7 heteroatoms. The van der Waals surface area contributed by atoms with Gasteiger partial charge in [0.25, 0.3) is 0 Å². The predicted molar refractivity (Wildman–Crippen MR) is 131 cm³/mol. The smallest absolute Gasteiger partial charge is 0.408 e. The first-order chi connectivity index (χ1) is 17.0. The molecule has 2 fully saturated rings. The first-order valence-corrected chi connectivity index (χ1v) is 12.7. The van der Waals surface area contributed by atoms with Crippen LogP contribution < -0.4 is 5.32 Å². The summed E-state index contributed by atoms with van der Waals surface area (Å²) in [6.07, 6.45) is 5.14. The Bertz CT molecular complexity index is 1080. The molecule has 0 aromatic heterocycles. The van der Waals surface area contributed by atoms with Crippen LogP contribution in [0.4, 0.5) is 4.79 Å². The maximum absolute atomic E-state index is 13.6. The van der Waals surface area contributed by atoms with Crippen LogP contribution in [0.1, 0.15) is 68.4 Å². The maximum Gasteiger partial charge on any atom is 0.408 e. The van der Waals surface area contributed by atoms with E-state index in [-0.39, 0.29) is 18.4 Å². The summed E-state index contributed by atoms with van der Waals surface area (Å²) < 4.78 is 5.69. The van der Waals surface area contributed by atoms with Crippen LogP contribution in [-0.2, 0) is 14.3 Å². The van der Waals surface area contributed by atoms with Crippen LogP contribution in [0.3, 0.4) is 0 Å². The van der Waals surface area contributed by atoms with Crippen molar-refractivity contribution >= 4 is 18.0 Å². The van der Waals surface area contributed by atoms with E-state index in [1.807, 2.05) is 24.3 Å². The van der Waals surface area contributed by atoms with Gasteiger partial charge in [-0.1, -0.05) is 67.8 Å². The van der Waals surface area contributed by atoms with E-state index in [0.717, 1.165) is 54.4 Å². The van der Waals surface area contributed by atoms with E-state index in [2.05, 4.69) is 29.6 Å². The lowest BCUT2D eigenvalue weighted by Crippen LogP contribution is -2.65. The van der Waals surface area contributed by atoms with Crippen LogP contribution in [0.5, 0.6) is 0 Å². The van der Waals surface area contributed by atoms with Crippen molar-refractivity contribution in [3.8, 4) is 11.1 Å². The first kappa shape index (κ1) is 23.4. The number of nitrogens with zero attached hydrogens (tertiary/aromatic N) is 1. The van der Waals surface area contributed by atoms with Crippen LogP contribution in [0.2, 0.25) is 0 Å². The van der Waals surface area contributed by atoms with Crippen LogP contribution in [-0.4, -0.2) is 52.7 Å². The number of carboxylic acid groups (broad SMARTS) is 1. The average Bonchev–Trinajstić information content (AvgIpc) is 3.13. The lowest BCUT2D eigenvalue weighted by molar-refractivity contribution is -0.156. The molecule has 0 radical (unpaired) electrons. The number of carboxylic acids is 1. The third kappa shape index (κ3) is 4.40. The van der Waals surface area contributed by atoms with E-state index in [1.165, 1.54) is 4.90 Å². The van der Waals surface area contributed by atoms with Gasteiger partial charge in [-0.25, -0.2) is 9.59 Å². The Morgan fingerprint density at radius 2 is 1.54 bits per heavy atom. The number of likely N-dealkylation sites (tertiary alicyclic amines) is 1. The van der Waals surface area contributed by atoms with E-state index in [0.29, 0.717) is 25.8 Å². The fraction of sp³-hybridized carbons (Fsp3) is 0.464. The van der Waals surface area contributed by atoms with Crippen molar-refractivity contribution in [2.24, 2.45) is 0 Å². The summed E-state index contributed by atoms with van der Waals surface area (Å²) in [7, 11) is 0. The van der Waals surface area contributed by atoms with E-state index < -0.39 is 23.6 Å². The van der Waals surface area contributed by atoms with Crippen LogP contribution in [0, 0.1) is 0 Å². The zero-order valence-corrected chi connectivity index (χ0v) is 19.9. The van der Waals surface area contributed by atoms with Gasteiger partial charge in [0.05, 0.1) is 0 Å². The summed E-state index contributed by atoms with van der Waals surface area (Å²) >= 11 is 0. The van der Waals surface area contributed by atoms with Gasteiger partial charge in [-0.05, 0) is 54.4 Å². The van der Waals surface area contributed by atoms with Gasteiger partial charge in [0.1, 0.15) is 18.2 Å². The number of amides is 2. The zero-order valence-electron chi connectivity index (χ0n) is 19.9. The van der Waals surface area contributed by atoms with Crippen LogP contribution >= 0.6 is 0 Å². The highest BCUT2D eigenvalue weighted by Crippen LogP contribution is 2.44. The van der Waals surface area contributed by atoms with Crippen molar-refractivity contribution in [2.75, 3.05) is 13.2 Å². The highest BCUT2D eigenvalue weighted by Gasteiger charge is 2.50. The molecule has 1 heterocycles. The summed E-state index contributed by atoms with van der Waals surface area (Å²) in [4.78, 5) is 40.0. The predicted octanol–water partition coefficient (Wildman–Crippen LogP) is 4.69. The van der Waals surface area contributed by atoms with Crippen molar-refractivity contribution < 1.29 is 24.2 Å². The molecule has 1 saturated carbocycles. The Morgan fingerprint density at radius 3 is 2.14 bits per heavy atom. The molecule has 2 amide bonds. The molecular formula is C28H32N2O5. The van der Waals surface area contributed by atoms with E-state index in [1.54, 1.807) is 0 Å². The zero-order chi connectivity index (χ0) is 24.4. The molecule has 7 nitrogen and oxygen atoms in total. The van der Waals surface area contributed by atoms with Gasteiger partial charge >= 0.3 is 12.1 Å². The third-order valence-corrected chi connectivity index (χ3v) is 7.85. The number of ether oxygens (including phenoxy) is 1. The monoisotopic (exact) mass is 476 g/mol. The minimum atomic E-state index is -1.07. The molecule has 5 rings (SSSR count). The lowest BCUT2D eigenvalue weighted by Gasteiger charge is -2.45. The molecule has 1 atom stereocenters. The molecule has 1 unspecified atom stereocenters. The summed E-state index contributed by atoms with van der Waals surface area (Å²) in [5, 5.41) is 12.6. The van der Waals surface area contributed by atoms with Crippen LogP contribution in [0.15, 0.2) is 48.5 Å². The molecule has 0 spiro atoms. The number of rotatable bonds is 5. The van der Waals surface area contributed by atoms with Gasteiger partial charge in [0.15, 0.2) is 0 Å². The Morgan fingerprint density at radius 1 is 0.914 bits per heavy atom. The number of nitrogens with one attached hydrogen (secondary N) is 1. The van der Waals surface area contributed by atoms with Gasteiger partial charge in [-0.2, -0.15) is 0 Å². The van der Waals surface area contributed by atoms with Crippen molar-refractivity contribution in [1.82, 2.24) is 10.2 Å². The quantitative estimate of drug-likeness (QED) is 0.653. The second-order valence-corrected chi connectivity index (χ2v) is 9.94. The minimum Gasteiger partial charge on any atom is -0.480 e. The highest BCUT2D eigenvalue weighted by molar-refractivity contribution is 5.93. The number of carbonyl (C=O) groups is 3. The van der Waals surface area contributed by atoms with Gasteiger partial charge in [0, 0.05) is 12.5 Å². The molecule has 3 aliphatic rings. The SMILES string of the molecule is O=C(NC1(C(=O)N2CCCCCCC2C(=O)O)CCC1)OCC1c2ccccc2-c2ccccc21. The van der Waals surface area contributed by atoms with E-state index in [9.17, 15) is 19.5 Å². The van der Waals surface area contributed by atoms with Gasteiger partial charge < -0.3 is 20.1 Å². The number of alkyl carbamates (subject to hydrolysis) is 1. The van der Waals surface area contributed by atoms with E-state index in [4.69, 9.17) is 4.74 Å². The Hall–Kier alpha value is -3.35. The molecule has 184 valence electrons. The fourth-order valence-corrected chi connectivity index (χ4v) is 5.81. The maximum atomic E-state index is 13.6. The van der Waals surface area contributed by atoms with Gasteiger partial charge in [-0.15, -0.1) is 0 Å². The summed E-state index contributed by atoms with van der Waals surface area (Å²) in [6, 6.07) is 15.4. The Kier molecular flexibility index (Phi) is 6.50. The Labute approximate surface area is 205 Å². The lowest BCUT2D eigenvalue weighted by atomic mass is 9.75. The van der Waals surface area contributed by atoms with Gasteiger partial charge in [0.2, 0.25) is 5.91 Å². The average molecular weight is 477 g/mol. The molecule has 35 heavy (non-hydrogen) atoms. The molecular weight excluding hydrogens is 444 g/mol.